The van der Waals surface area contributed by atoms with Crippen molar-refractivity contribution in [2.24, 2.45) is 0 Å². The Hall–Kier alpha value is -1.51. The van der Waals surface area contributed by atoms with E-state index in [0.29, 0.717) is 23.7 Å². The van der Waals surface area contributed by atoms with Crippen LogP contribution in [0.4, 0.5) is 5.69 Å². The zero-order valence-electron chi connectivity index (χ0n) is 13.4. The highest BCUT2D eigenvalue weighted by Crippen LogP contribution is 2.34. The molecule has 0 aromatic heterocycles. The van der Waals surface area contributed by atoms with Crippen LogP contribution in [0.3, 0.4) is 0 Å². The molecule has 0 saturated carbocycles. The number of carbonyl (C=O) groups is 1. The highest BCUT2D eigenvalue weighted by atomic mass is 35.5. The van der Waals surface area contributed by atoms with Crippen LogP contribution in [-0.4, -0.2) is 43.8 Å². The molecule has 23 heavy (non-hydrogen) atoms. The van der Waals surface area contributed by atoms with Crippen LogP contribution < -0.4 is 15.4 Å². The van der Waals surface area contributed by atoms with Gasteiger partial charge < -0.3 is 15.4 Å². The van der Waals surface area contributed by atoms with Gasteiger partial charge in [0.25, 0.3) is 11.6 Å². The predicted octanol–water partition coefficient (Wildman–Crippen LogP) is 2.48. The third kappa shape index (κ3) is 6.25. The van der Waals surface area contributed by atoms with Crippen LogP contribution in [0.25, 0.3) is 0 Å². The Labute approximate surface area is 146 Å². The molecular weight excluding hydrogens is 342 g/mol. The van der Waals surface area contributed by atoms with E-state index in [9.17, 15) is 14.9 Å². The number of benzene rings is 1. The smallest absolute Gasteiger partial charge is 0.285 e. The quantitative estimate of drug-likeness (QED) is 0.303. The lowest BCUT2D eigenvalue weighted by Crippen LogP contribution is -2.32. The molecule has 130 valence electrons. The molecule has 0 bridgehead atoms. The second kappa shape index (κ2) is 11.1. The molecule has 0 saturated heterocycles. The van der Waals surface area contributed by atoms with Crippen molar-refractivity contribution < 1.29 is 14.5 Å². The zero-order chi connectivity index (χ0) is 16.5. The van der Waals surface area contributed by atoms with Crippen molar-refractivity contribution in [3.63, 3.8) is 0 Å². The maximum absolute atomic E-state index is 12.2. The van der Waals surface area contributed by atoms with Crippen LogP contribution in [0.1, 0.15) is 23.7 Å². The summed E-state index contributed by atoms with van der Waals surface area (Å²) in [5.74, 6) is -0.0664. The molecule has 1 rings (SSSR count). The summed E-state index contributed by atoms with van der Waals surface area (Å²) in [6.45, 7) is 3.96. The minimum atomic E-state index is -0.573. The molecule has 0 spiro atoms. The number of ether oxygens (including phenoxy) is 1. The van der Waals surface area contributed by atoms with Gasteiger partial charge in [-0.2, -0.15) is 0 Å². The van der Waals surface area contributed by atoms with Gasteiger partial charge >= 0.3 is 0 Å². The Bertz CT molecular complexity index is 543. The molecule has 9 heteroatoms. The molecule has 0 aliphatic rings. The van der Waals surface area contributed by atoms with Gasteiger partial charge in [-0.05, 0) is 25.3 Å². The average molecular weight is 364 g/mol. The zero-order valence-corrected chi connectivity index (χ0v) is 15.0. The monoisotopic (exact) mass is 363 g/mol. The van der Waals surface area contributed by atoms with Gasteiger partial charge in [0, 0.05) is 13.1 Å². The number of thioether (sulfide) groups is 1. The van der Waals surface area contributed by atoms with E-state index in [-0.39, 0.29) is 23.7 Å². The first-order valence-electron chi connectivity index (χ1n) is 6.94. The number of methoxy groups -OCH3 is 1. The van der Waals surface area contributed by atoms with Crippen LogP contribution in [0.15, 0.2) is 17.0 Å². The normalized spacial score (nSPS) is 9.87. The van der Waals surface area contributed by atoms with Crippen molar-refractivity contribution in [1.29, 1.82) is 0 Å². The van der Waals surface area contributed by atoms with Crippen molar-refractivity contribution >= 4 is 35.8 Å². The number of nitro groups is 1. The lowest BCUT2D eigenvalue weighted by atomic mass is 10.1. The number of carbonyl (C=O) groups excluding carboxylic acids is 1. The largest absolute Gasteiger partial charge is 0.495 e. The second-order valence-electron chi connectivity index (χ2n) is 4.49. The van der Waals surface area contributed by atoms with E-state index in [1.807, 2.05) is 6.26 Å². The van der Waals surface area contributed by atoms with E-state index in [2.05, 4.69) is 17.6 Å². The van der Waals surface area contributed by atoms with Crippen LogP contribution in [0.2, 0.25) is 0 Å². The van der Waals surface area contributed by atoms with Gasteiger partial charge in [0.15, 0.2) is 0 Å². The molecule has 0 atom stereocenters. The Kier molecular flexibility index (Phi) is 10.4. The van der Waals surface area contributed by atoms with Crippen LogP contribution in [-0.2, 0) is 0 Å². The van der Waals surface area contributed by atoms with Crippen molar-refractivity contribution in [2.45, 2.75) is 18.2 Å². The SMILES string of the molecule is CCCNCCNC(=O)c1cc(SC)c(OC)cc1[N+](=O)[O-].Cl. The molecule has 2 N–H and O–H groups in total. The fourth-order valence-corrected chi connectivity index (χ4v) is 2.44. The Balaban J connectivity index is 0.00000484. The highest BCUT2D eigenvalue weighted by Gasteiger charge is 2.23. The summed E-state index contributed by atoms with van der Waals surface area (Å²) in [5, 5.41) is 17.0. The van der Waals surface area contributed by atoms with E-state index < -0.39 is 10.8 Å². The number of nitro benzene ring substituents is 1. The minimum absolute atomic E-state index is 0. The molecule has 0 aliphatic heterocycles. The van der Waals surface area contributed by atoms with E-state index >= 15 is 0 Å². The molecule has 0 unspecified atom stereocenters. The number of halogens is 1. The Morgan fingerprint density at radius 3 is 2.57 bits per heavy atom. The summed E-state index contributed by atoms with van der Waals surface area (Å²) in [4.78, 5) is 23.4. The molecule has 0 fully saturated rings. The lowest BCUT2D eigenvalue weighted by molar-refractivity contribution is -0.385. The third-order valence-electron chi connectivity index (χ3n) is 2.96. The number of nitrogens with zero attached hydrogens (tertiary/aromatic N) is 1. The number of nitrogens with one attached hydrogen (secondary N) is 2. The maximum atomic E-state index is 12.2. The van der Waals surface area contributed by atoms with E-state index in [1.54, 1.807) is 0 Å². The summed E-state index contributed by atoms with van der Waals surface area (Å²) in [5.41, 5.74) is -0.209. The summed E-state index contributed by atoms with van der Waals surface area (Å²) >= 11 is 1.37. The van der Waals surface area contributed by atoms with Gasteiger partial charge in [0.1, 0.15) is 11.3 Å². The number of rotatable bonds is 9. The molecule has 7 nitrogen and oxygen atoms in total. The van der Waals surface area contributed by atoms with Crippen molar-refractivity contribution in [3.05, 3.63) is 27.8 Å². The molecule has 0 heterocycles. The molecule has 0 aliphatic carbocycles. The van der Waals surface area contributed by atoms with Gasteiger partial charge in [0.05, 0.1) is 23.0 Å². The third-order valence-corrected chi connectivity index (χ3v) is 3.72. The molecule has 1 aromatic carbocycles. The summed E-state index contributed by atoms with van der Waals surface area (Å²) in [7, 11) is 1.44. The Morgan fingerprint density at radius 1 is 1.35 bits per heavy atom. The van der Waals surface area contributed by atoms with Gasteiger partial charge in [-0.3, -0.25) is 14.9 Å². The topological polar surface area (TPSA) is 93.5 Å². The molecule has 1 aromatic rings. The summed E-state index contributed by atoms with van der Waals surface area (Å²) in [6, 6.07) is 2.78. The first kappa shape index (κ1) is 21.5. The van der Waals surface area contributed by atoms with Gasteiger partial charge in [-0.1, -0.05) is 6.92 Å². The van der Waals surface area contributed by atoms with Gasteiger partial charge in [-0.25, -0.2) is 0 Å². The predicted molar refractivity (Wildman–Crippen MR) is 94.2 cm³/mol. The number of hydrogen-bond donors (Lipinski definition) is 2. The summed E-state index contributed by atoms with van der Waals surface area (Å²) < 4.78 is 5.12. The second-order valence-corrected chi connectivity index (χ2v) is 5.34. The molecular formula is C14H22ClN3O4S. The standard InChI is InChI=1S/C14H21N3O4S.ClH/c1-4-5-15-6-7-16-14(18)10-8-13(22-3)12(21-2)9-11(10)17(19)20;/h8-9,15H,4-7H2,1-3H3,(H,16,18);1H. The first-order chi connectivity index (χ1) is 10.5. The molecule has 1 amide bonds. The average Bonchev–Trinajstić information content (AvgIpc) is 2.52. The Morgan fingerprint density at radius 2 is 2.04 bits per heavy atom. The number of amides is 1. The highest BCUT2D eigenvalue weighted by molar-refractivity contribution is 7.98. The van der Waals surface area contributed by atoms with Crippen molar-refractivity contribution in [1.82, 2.24) is 10.6 Å². The minimum Gasteiger partial charge on any atom is -0.495 e. The fourth-order valence-electron chi connectivity index (χ4n) is 1.86. The van der Waals surface area contributed by atoms with Crippen molar-refractivity contribution in [3.8, 4) is 5.75 Å². The van der Waals surface area contributed by atoms with Crippen molar-refractivity contribution in [2.75, 3.05) is 33.0 Å². The van der Waals surface area contributed by atoms with E-state index in [0.717, 1.165) is 13.0 Å². The van der Waals surface area contributed by atoms with E-state index in [1.165, 1.54) is 31.0 Å². The fraction of sp³-hybridized carbons (Fsp3) is 0.500. The lowest BCUT2D eigenvalue weighted by Gasteiger charge is -2.10. The van der Waals surface area contributed by atoms with Gasteiger partial charge in [0.2, 0.25) is 0 Å². The van der Waals surface area contributed by atoms with Crippen LogP contribution >= 0.6 is 24.2 Å². The molecule has 0 radical (unpaired) electrons. The first-order valence-corrected chi connectivity index (χ1v) is 8.16. The maximum Gasteiger partial charge on any atom is 0.285 e. The van der Waals surface area contributed by atoms with Crippen LogP contribution in [0, 0.1) is 10.1 Å². The van der Waals surface area contributed by atoms with E-state index in [4.69, 9.17) is 4.74 Å². The summed E-state index contributed by atoms with van der Waals surface area (Å²) in [6.07, 6.45) is 2.83. The van der Waals surface area contributed by atoms with Crippen LogP contribution in [0.5, 0.6) is 5.75 Å². The number of hydrogen-bond acceptors (Lipinski definition) is 6. The van der Waals surface area contributed by atoms with Gasteiger partial charge in [-0.15, -0.1) is 24.2 Å².